The van der Waals surface area contributed by atoms with Crippen LogP contribution in [0, 0.1) is 6.92 Å². The SMILES string of the molecule is CCNC1CCN(c2ccc(Br)c(C)c2)C1=O. The highest BCUT2D eigenvalue weighted by Crippen LogP contribution is 2.26. The van der Waals surface area contributed by atoms with E-state index in [1.54, 1.807) is 0 Å². The van der Waals surface area contributed by atoms with Crippen LogP contribution < -0.4 is 10.2 Å². The minimum Gasteiger partial charge on any atom is -0.311 e. The van der Waals surface area contributed by atoms with E-state index in [9.17, 15) is 4.79 Å². The summed E-state index contributed by atoms with van der Waals surface area (Å²) < 4.78 is 1.08. The highest BCUT2D eigenvalue weighted by atomic mass is 79.9. The first-order chi connectivity index (χ1) is 8.13. The van der Waals surface area contributed by atoms with Crippen molar-refractivity contribution in [1.82, 2.24) is 5.32 Å². The molecule has 0 aromatic heterocycles. The number of hydrogen-bond donors (Lipinski definition) is 1. The number of benzene rings is 1. The number of likely N-dealkylation sites (N-methyl/N-ethyl adjacent to an activating group) is 1. The maximum Gasteiger partial charge on any atom is 0.244 e. The van der Waals surface area contributed by atoms with Gasteiger partial charge in [-0.25, -0.2) is 0 Å². The van der Waals surface area contributed by atoms with E-state index >= 15 is 0 Å². The zero-order valence-electron chi connectivity index (χ0n) is 10.2. The molecule has 1 saturated heterocycles. The predicted octanol–water partition coefficient (Wildman–Crippen LogP) is 2.47. The molecule has 4 heteroatoms. The summed E-state index contributed by atoms with van der Waals surface area (Å²) in [6.07, 6.45) is 0.891. The summed E-state index contributed by atoms with van der Waals surface area (Å²) in [7, 11) is 0. The molecular formula is C13H17BrN2O. The smallest absolute Gasteiger partial charge is 0.244 e. The summed E-state index contributed by atoms with van der Waals surface area (Å²) in [5.74, 6) is 0.188. The number of hydrogen-bond acceptors (Lipinski definition) is 2. The lowest BCUT2D eigenvalue weighted by molar-refractivity contribution is -0.118. The molecule has 17 heavy (non-hydrogen) atoms. The maximum absolute atomic E-state index is 12.1. The summed E-state index contributed by atoms with van der Waals surface area (Å²) in [4.78, 5) is 14.0. The van der Waals surface area contributed by atoms with Gasteiger partial charge in [-0.2, -0.15) is 0 Å². The number of nitrogens with one attached hydrogen (secondary N) is 1. The van der Waals surface area contributed by atoms with Gasteiger partial charge in [-0.15, -0.1) is 0 Å². The van der Waals surface area contributed by atoms with Crippen LogP contribution in [0.2, 0.25) is 0 Å². The fourth-order valence-electron chi connectivity index (χ4n) is 2.17. The van der Waals surface area contributed by atoms with E-state index in [0.717, 1.165) is 35.2 Å². The Kier molecular flexibility index (Phi) is 3.84. The molecule has 1 heterocycles. The molecule has 1 N–H and O–H groups in total. The summed E-state index contributed by atoms with van der Waals surface area (Å²) in [5, 5.41) is 3.22. The highest BCUT2D eigenvalue weighted by molar-refractivity contribution is 9.10. The monoisotopic (exact) mass is 296 g/mol. The topological polar surface area (TPSA) is 32.3 Å². The van der Waals surface area contributed by atoms with Gasteiger partial charge in [0, 0.05) is 16.7 Å². The second-order valence-corrected chi connectivity index (χ2v) is 5.18. The van der Waals surface area contributed by atoms with Crippen LogP contribution in [0.15, 0.2) is 22.7 Å². The van der Waals surface area contributed by atoms with Crippen LogP contribution >= 0.6 is 15.9 Å². The van der Waals surface area contributed by atoms with E-state index in [0.29, 0.717) is 0 Å². The molecule has 92 valence electrons. The van der Waals surface area contributed by atoms with Crippen LogP contribution in [0.4, 0.5) is 5.69 Å². The van der Waals surface area contributed by atoms with Gasteiger partial charge in [0.1, 0.15) is 0 Å². The third-order valence-electron chi connectivity index (χ3n) is 3.11. The molecule has 0 aliphatic carbocycles. The molecule has 1 amide bonds. The number of rotatable bonds is 3. The molecule has 1 atom stereocenters. The van der Waals surface area contributed by atoms with Gasteiger partial charge in [-0.05, 0) is 43.7 Å². The molecule has 1 fully saturated rings. The van der Waals surface area contributed by atoms with E-state index in [1.165, 1.54) is 0 Å². The maximum atomic E-state index is 12.1. The molecule has 0 radical (unpaired) electrons. The van der Waals surface area contributed by atoms with Gasteiger partial charge < -0.3 is 10.2 Å². The Balaban J connectivity index is 2.18. The van der Waals surface area contributed by atoms with E-state index in [4.69, 9.17) is 0 Å². The summed E-state index contributed by atoms with van der Waals surface area (Å²) in [5.41, 5.74) is 2.15. The van der Waals surface area contributed by atoms with Gasteiger partial charge in [0.25, 0.3) is 0 Å². The Morgan fingerprint density at radius 1 is 1.53 bits per heavy atom. The minimum atomic E-state index is -0.0102. The highest BCUT2D eigenvalue weighted by Gasteiger charge is 2.31. The standard InChI is InChI=1S/C13H17BrN2O/c1-3-15-12-6-7-16(13(12)17)10-4-5-11(14)9(2)8-10/h4-5,8,12,15H,3,6-7H2,1-2H3. The van der Waals surface area contributed by atoms with Gasteiger partial charge in [0.05, 0.1) is 6.04 Å². The second-order valence-electron chi connectivity index (χ2n) is 4.32. The fourth-order valence-corrected chi connectivity index (χ4v) is 2.42. The van der Waals surface area contributed by atoms with E-state index in [2.05, 4.69) is 27.3 Å². The van der Waals surface area contributed by atoms with Crippen LogP contribution in [0.1, 0.15) is 18.9 Å². The number of aryl methyl sites for hydroxylation is 1. The van der Waals surface area contributed by atoms with Gasteiger partial charge in [0.2, 0.25) is 5.91 Å². The largest absolute Gasteiger partial charge is 0.311 e. The Bertz CT molecular complexity index is 433. The number of anilines is 1. The lowest BCUT2D eigenvalue weighted by Crippen LogP contribution is -2.38. The number of nitrogens with zero attached hydrogens (tertiary/aromatic N) is 1. The third kappa shape index (κ3) is 2.53. The average molecular weight is 297 g/mol. The molecule has 0 bridgehead atoms. The zero-order valence-corrected chi connectivity index (χ0v) is 11.8. The first kappa shape index (κ1) is 12.6. The molecule has 1 aliphatic rings. The summed E-state index contributed by atoms with van der Waals surface area (Å²) in [6, 6.07) is 6.03. The molecule has 1 unspecified atom stereocenters. The van der Waals surface area contributed by atoms with Crippen molar-refractivity contribution in [1.29, 1.82) is 0 Å². The molecule has 2 rings (SSSR count). The van der Waals surface area contributed by atoms with Crippen molar-refractivity contribution < 1.29 is 4.79 Å². The lowest BCUT2D eigenvalue weighted by atomic mass is 10.2. The van der Waals surface area contributed by atoms with Crippen LogP contribution in [0.3, 0.4) is 0 Å². The van der Waals surface area contributed by atoms with Gasteiger partial charge in [-0.3, -0.25) is 4.79 Å². The van der Waals surface area contributed by atoms with Crippen LogP contribution in [-0.4, -0.2) is 25.0 Å². The Labute approximate surface area is 110 Å². The number of amides is 1. The van der Waals surface area contributed by atoms with Crippen LogP contribution in [0.5, 0.6) is 0 Å². The first-order valence-electron chi connectivity index (χ1n) is 5.94. The van der Waals surface area contributed by atoms with E-state index in [1.807, 2.05) is 30.9 Å². The molecule has 1 aromatic carbocycles. The molecule has 1 aromatic rings. The predicted molar refractivity (Wildman–Crippen MR) is 73.3 cm³/mol. The van der Waals surface area contributed by atoms with Crippen LogP contribution in [0.25, 0.3) is 0 Å². The van der Waals surface area contributed by atoms with Crippen molar-refractivity contribution in [3.05, 3.63) is 28.2 Å². The van der Waals surface area contributed by atoms with Crippen molar-refractivity contribution in [3.8, 4) is 0 Å². The molecule has 0 spiro atoms. The normalized spacial score (nSPS) is 20.1. The summed E-state index contributed by atoms with van der Waals surface area (Å²) in [6.45, 7) is 5.71. The molecule has 0 saturated carbocycles. The first-order valence-corrected chi connectivity index (χ1v) is 6.73. The Morgan fingerprint density at radius 3 is 2.94 bits per heavy atom. The van der Waals surface area contributed by atoms with Crippen molar-refractivity contribution in [2.24, 2.45) is 0 Å². The van der Waals surface area contributed by atoms with E-state index in [-0.39, 0.29) is 11.9 Å². The molecule has 3 nitrogen and oxygen atoms in total. The Hall–Kier alpha value is -0.870. The fraction of sp³-hybridized carbons (Fsp3) is 0.462. The number of halogens is 1. The second kappa shape index (κ2) is 5.19. The minimum absolute atomic E-state index is 0.0102. The van der Waals surface area contributed by atoms with E-state index < -0.39 is 0 Å². The zero-order chi connectivity index (χ0) is 12.4. The quantitative estimate of drug-likeness (QED) is 0.929. The third-order valence-corrected chi connectivity index (χ3v) is 4.00. The Morgan fingerprint density at radius 2 is 2.29 bits per heavy atom. The van der Waals surface area contributed by atoms with Gasteiger partial charge in [-0.1, -0.05) is 22.9 Å². The van der Waals surface area contributed by atoms with Gasteiger partial charge >= 0.3 is 0 Å². The number of carbonyl (C=O) groups is 1. The van der Waals surface area contributed by atoms with Crippen molar-refractivity contribution in [3.63, 3.8) is 0 Å². The average Bonchev–Trinajstić information content (AvgIpc) is 2.66. The summed E-state index contributed by atoms with van der Waals surface area (Å²) >= 11 is 3.47. The van der Waals surface area contributed by atoms with Crippen molar-refractivity contribution >= 4 is 27.5 Å². The van der Waals surface area contributed by atoms with Crippen molar-refractivity contribution in [2.75, 3.05) is 18.0 Å². The lowest BCUT2D eigenvalue weighted by Gasteiger charge is -2.18. The van der Waals surface area contributed by atoms with Crippen LogP contribution in [-0.2, 0) is 4.79 Å². The van der Waals surface area contributed by atoms with Gasteiger partial charge in [0.15, 0.2) is 0 Å². The molecular weight excluding hydrogens is 280 g/mol. The van der Waals surface area contributed by atoms with Crippen molar-refractivity contribution in [2.45, 2.75) is 26.3 Å². The number of carbonyl (C=O) groups excluding carboxylic acids is 1. The molecule has 1 aliphatic heterocycles.